The van der Waals surface area contributed by atoms with Gasteiger partial charge in [0.05, 0.1) is 6.42 Å². The fourth-order valence-electron chi connectivity index (χ4n) is 3.28. The smallest absolute Gasteiger partial charge is 0.341 e. The number of benzene rings is 1. The molecule has 2 heterocycles. The molecule has 0 saturated carbocycles. The summed E-state index contributed by atoms with van der Waals surface area (Å²) in [6.07, 6.45) is 0.160. The Morgan fingerprint density at radius 3 is 2.54 bits per heavy atom. The van der Waals surface area contributed by atoms with Crippen molar-refractivity contribution in [1.29, 1.82) is 0 Å². The first-order valence-electron chi connectivity index (χ1n) is 7.50. The normalized spacial score (nSPS) is 28.2. The van der Waals surface area contributed by atoms with E-state index in [1.54, 1.807) is 13.8 Å². The minimum atomic E-state index is -4.46. The van der Waals surface area contributed by atoms with Gasteiger partial charge in [-0.15, -0.1) is 11.8 Å². The maximum Gasteiger partial charge on any atom is 0.349 e. The summed E-state index contributed by atoms with van der Waals surface area (Å²) in [4.78, 5) is 44.8. The summed E-state index contributed by atoms with van der Waals surface area (Å²) in [7, 11) is -4.46. The molecule has 7 nitrogen and oxygen atoms in total. The van der Waals surface area contributed by atoms with Gasteiger partial charge in [-0.1, -0.05) is 30.3 Å². The van der Waals surface area contributed by atoms with Crippen LogP contribution in [0.25, 0.3) is 0 Å². The zero-order chi connectivity index (χ0) is 17.7. The number of amides is 2. The van der Waals surface area contributed by atoms with Crippen molar-refractivity contribution in [2.24, 2.45) is 0 Å². The average Bonchev–Trinajstić information content (AvgIpc) is 2.74. The molecule has 0 aliphatic carbocycles. The Labute approximate surface area is 144 Å². The largest absolute Gasteiger partial charge is 0.349 e. The lowest BCUT2D eigenvalue weighted by atomic mass is 10.0. The molecule has 9 heteroatoms. The number of nitrogens with one attached hydrogen (secondary N) is 1. The predicted molar refractivity (Wildman–Crippen MR) is 90.2 cm³/mol. The van der Waals surface area contributed by atoms with Gasteiger partial charge in [-0.3, -0.25) is 14.2 Å². The molecular weight excluding hydrogens is 351 g/mol. The number of thioether (sulfide) groups is 1. The standard InChI is InChI=1S/C15H19N2O5PS/c1-15(2)14(23(20,21)22)17-12(19)11(13(17)24-15)16-10(18)8-9-6-4-3-5-7-9/h3-7,11,13-14H,8H2,1-2H3,(H,16,18)(H2,20,21,22). The fourth-order valence-corrected chi connectivity index (χ4v) is 6.88. The third-order valence-electron chi connectivity index (χ3n) is 4.23. The van der Waals surface area contributed by atoms with Crippen LogP contribution in [-0.2, 0) is 20.6 Å². The van der Waals surface area contributed by atoms with Crippen LogP contribution < -0.4 is 5.32 Å². The summed E-state index contributed by atoms with van der Waals surface area (Å²) < 4.78 is 11.0. The molecule has 3 atom stereocenters. The molecule has 3 N–H and O–H groups in total. The van der Waals surface area contributed by atoms with E-state index >= 15 is 0 Å². The molecule has 2 aliphatic rings. The van der Waals surface area contributed by atoms with Crippen molar-refractivity contribution in [2.75, 3.05) is 0 Å². The van der Waals surface area contributed by atoms with Crippen LogP contribution in [0.15, 0.2) is 30.3 Å². The fraction of sp³-hybridized carbons (Fsp3) is 0.467. The molecule has 2 aliphatic heterocycles. The third-order valence-corrected chi connectivity index (χ3v) is 7.51. The minimum Gasteiger partial charge on any atom is -0.341 e. The molecule has 3 unspecified atom stereocenters. The van der Waals surface area contributed by atoms with Crippen molar-refractivity contribution < 1.29 is 23.9 Å². The molecule has 0 aromatic heterocycles. The van der Waals surface area contributed by atoms with Crippen LogP contribution in [0.2, 0.25) is 0 Å². The maximum absolute atomic E-state index is 12.3. The molecule has 1 aromatic carbocycles. The molecular formula is C15H19N2O5PS. The summed E-state index contributed by atoms with van der Waals surface area (Å²) in [6.45, 7) is 3.41. The van der Waals surface area contributed by atoms with Crippen molar-refractivity contribution >= 4 is 31.2 Å². The van der Waals surface area contributed by atoms with Crippen LogP contribution in [0.3, 0.4) is 0 Å². The molecule has 2 saturated heterocycles. The second kappa shape index (κ2) is 5.88. The van der Waals surface area contributed by atoms with Crippen molar-refractivity contribution in [3.63, 3.8) is 0 Å². The van der Waals surface area contributed by atoms with Gasteiger partial charge in [0.2, 0.25) is 11.8 Å². The first kappa shape index (κ1) is 17.5. The highest BCUT2D eigenvalue weighted by Gasteiger charge is 2.66. The van der Waals surface area contributed by atoms with Gasteiger partial charge in [0.1, 0.15) is 17.2 Å². The van der Waals surface area contributed by atoms with Gasteiger partial charge in [-0.25, -0.2) is 0 Å². The van der Waals surface area contributed by atoms with E-state index in [1.165, 1.54) is 16.7 Å². The lowest BCUT2D eigenvalue weighted by Crippen LogP contribution is -2.69. The number of fused-ring (bicyclic) bond motifs is 1. The van der Waals surface area contributed by atoms with Gasteiger partial charge in [-0.05, 0) is 19.4 Å². The first-order valence-corrected chi connectivity index (χ1v) is 10.1. The van der Waals surface area contributed by atoms with Crippen LogP contribution in [0.5, 0.6) is 0 Å². The van der Waals surface area contributed by atoms with Crippen LogP contribution in [0.4, 0.5) is 0 Å². The van der Waals surface area contributed by atoms with E-state index < -0.39 is 35.4 Å². The van der Waals surface area contributed by atoms with Gasteiger partial charge >= 0.3 is 7.60 Å². The van der Waals surface area contributed by atoms with Crippen LogP contribution in [0.1, 0.15) is 19.4 Å². The number of carbonyl (C=O) groups excluding carboxylic acids is 2. The molecule has 3 rings (SSSR count). The lowest BCUT2D eigenvalue weighted by molar-refractivity contribution is -0.149. The monoisotopic (exact) mass is 370 g/mol. The lowest BCUT2D eigenvalue weighted by Gasteiger charge is -2.44. The van der Waals surface area contributed by atoms with E-state index in [-0.39, 0.29) is 12.3 Å². The van der Waals surface area contributed by atoms with Crippen molar-refractivity contribution in [1.82, 2.24) is 10.2 Å². The maximum atomic E-state index is 12.3. The summed E-state index contributed by atoms with van der Waals surface area (Å²) in [5, 5.41) is 2.25. The van der Waals surface area contributed by atoms with E-state index in [1.807, 2.05) is 30.3 Å². The summed E-state index contributed by atoms with van der Waals surface area (Å²) in [5.74, 6) is -1.88. The van der Waals surface area contributed by atoms with E-state index in [0.29, 0.717) is 0 Å². The minimum absolute atomic E-state index is 0.160. The zero-order valence-corrected chi connectivity index (χ0v) is 15.0. The summed E-state index contributed by atoms with van der Waals surface area (Å²) in [5.41, 5.74) is 0.839. The molecule has 1 aromatic rings. The molecule has 2 fully saturated rings. The highest BCUT2D eigenvalue weighted by Crippen LogP contribution is 2.62. The number of nitrogens with zero attached hydrogens (tertiary/aromatic N) is 1. The van der Waals surface area contributed by atoms with Crippen LogP contribution >= 0.6 is 19.4 Å². The van der Waals surface area contributed by atoms with E-state index in [0.717, 1.165) is 5.56 Å². The second-order valence-electron chi connectivity index (χ2n) is 6.53. The zero-order valence-electron chi connectivity index (χ0n) is 13.2. The first-order chi connectivity index (χ1) is 11.1. The van der Waals surface area contributed by atoms with Gasteiger partial charge < -0.3 is 20.0 Å². The molecule has 0 spiro atoms. The average molecular weight is 370 g/mol. The van der Waals surface area contributed by atoms with E-state index in [9.17, 15) is 23.9 Å². The SMILES string of the molecule is CC1(C)SC2C(NC(=O)Cc3ccccc3)C(=O)N2C1P(=O)(O)O. The predicted octanol–water partition coefficient (Wildman–Crippen LogP) is 0.911. The summed E-state index contributed by atoms with van der Waals surface area (Å²) in [6, 6.07) is 8.44. The molecule has 0 radical (unpaired) electrons. The Balaban J connectivity index is 1.69. The van der Waals surface area contributed by atoms with Crippen LogP contribution in [0, 0.1) is 0 Å². The Kier molecular flexibility index (Phi) is 4.28. The third kappa shape index (κ3) is 2.99. The van der Waals surface area contributed by atoms with Gasteiger partial charge in [0.25, 0.3) is 0 Å². The highest BCUT2D eigenvalue weighted by atomic mass is 32.2. The van der Waals surface area contributed by atoms with Crippen molar-refractivity contribution in [3.8, 4) is 0 Å². The van der Waals surface area contributed by atoms with E-state index in [4.69, 9.17) is 0 Å². The van der Waals surface area contributed by atoms with E-state index in [2.05, 4.69) is 5.32 Å². The highest BCUT2D eigenvalue weighted by molar-refractivity contribution is 8.02. The Hall–Kier alpha value is -1.34. The van der Waals surface area contributed by atoms with Crippen molar-refractivity contribution in [2.45, 2.75) is 42.2 Å². The Morgan fingerprint density at radius 2 is 1.96 bits per heavy atom. The van der Waals surface area contributed by atoms with Gasteiger partial charge in [-0.2, -0.15) is 0 Å². The molecule has 130 valence electrons. The van der Waals surface area contributed by atoms with Gasteiger partial charge in [0, 0.05) is 4.75 Å². The second-order valence-corrected chi connectivity index (χ2v) is 9.97. The Bertz CT molecular complexity index is 720. The van der Waals surface area contributed by atoms with Crippen molar-refractivity contribution in [3.05, 3.63) is 35.9 Å². The topological polar surface area (TPSA) is 107 Å². The Morgan fingerprint density at radius 1 is 1.33 bits per heavy atom. The molecule has 2 amide bonds. The van der Waals surface area contributed by atoms with Crippen LogP contribution in [-0.4, -0.2) is 48.4 Å². The summed E-state index contributed by atoms with van der Waals surface area (Å²) >= 11 is 1.31. The number of hydrogen-bond donors (Lipinski definition) is 3. The molecule has 24 heavy (non-hydrogen) atoms. The number of hydrogen-bond acceptors (Lipinski definition) is 4. The number of carbonyl (C=O) groups is 2. The number of rotatable bonds is 4. The van der Waals surface area contributed by atoms with Gasteiger partial charge in [0.15, 0.2) is 0 Å². The number of β-lactam (4-membered cyclic amide) rings is 1. The quantitative estimate of drug-likeness (QED) is 0.537. The molecule has 0 bridgehead atoms.